The first-order valence-electron chi connectivity index (χ1n) is 5.50. The van der Waals surface area contributed by atoms with Crippen molar-refractivity contribution in [2.45, 2.75) is 13.1 Å². The molecule has 3 heterocycles. The molecule has 0 spiro atoms. The lowest BCUT2D eigenvalue weighted by Crippen LogP contribution is -2.38. The van der Waals surface area contributed by atoms with Crippen molar-refractivity contribution in [2.75, 3.05) is 6.54 Å². The van der Waals surface area contributed by atoms with Crippen LogP contribution in [0.1, 0.15) is 26.1 Å². The van der Waals surface area contributed by atoms with E-state index in [9.17, 15) is 9.59 Å². The third-order valence-electron chi connectivity index (χ3n) is 2.83. The predicted molar refractivity (Wildman–Crippen MR) is 63.8 cm³/mol. The smallest absolute Gasteiger partial charge is 0.355 e. The van der Waals surface area contributed by atoms with Crippen LogP contribution in [0.15, 0.2) is 11.7 Å². The van der Waals surface area contributed by atoms with Crippen molar-refractivity contribution >= 4 is 23.2 Å². The second-order valence-corrected chi connectivity index (χ2v) is 4.87. The second kappa shape index (κ2) is 4.43. The van der Waals surface area contributed by atoms with E-state index in [-0.39, 0.29) is 16.6 Å². The minimum Gasteiger partial charge on any atom is -0.476 e. The first-order chi connectivity index (χ1) is 9.15. The summed E-state index contributed by atoms with van der Waals surface area (Å²) in [6, 6.07) is 0. The number of amides is 1. The van der Waals surface area contributed by atoms with Crippen LogP contribution in [0.3, 0.4) is 0 Å². The van der Waals surface area contributed by atoms with Crippen LogP contribution >= 0.6 is 11.3 Å². The molecule has 0 atom stereocenters. The van der Waals surface area contributed by atoms with E-state index in [4.69, 9.17) is 5.11 Å². The number of rotatable bonds is 2. The van der Waals surface area contributed by atoms with Crippen molar-refractivity contribution in [1.82, 2.24) is 24.6 Å². The molecule has 0 bridgehead atoms. The number of fused-ring (bicyclic) bond motifs is 1. The molecule has 0 saturated heterocycles. The van der Waals surface area contributed by atoms with Gasteiger partial charge in [-0.05, 0) is 0 Å². The topological polar surface area (TPSA) is 101 Å². The van der Waals surface area contributed by atoms with Crippen molar-refractivity contribution in [3.63, 3.8) is 0 Å². The zero-order valence-electron chi connectivity index (χ0n) is 9.68. The van der Waals surface area contributed by atoms with Gasteiger partial charge in [-0.25, -0.2) is 9.78 Å². The first-order valence-corrected chi connectivity index (χ1v) is 6.38. The Labute approximate surface area is 111 Å². The molecule has 19 heavy (non-hydrogen) atoms. The van der Waals surface area contributed by atoms with E-state index in [2.05, 4.69) is 15.2 Å². The fourth-order valence-corrected chi connectivity index (χ4v) is 2.60. The summed E-state index contributed by atoms with van der Waals surface area (Å²) < 4.78 is 1.88. The van der Waals surface area contributed by atoms with Gasteiger partial charge in [-0.3, -0.25) is 4.79 Å². The van der Waals surface area contributed by atoms with Crippen molar-refractivity contribution in [1.29, 1.82) is 0 Å². The van der Waals surface area contributed by atoms with Crippen LogP contribution in [0.25, 0.3) is 0 Å². The van der Waals surface area contributed by atoms with Crippen LogP contribution < -0.4 is 0 Å². The Hall–Kier alpha value is -2.29. The number of hydrogen-bond donors (Lipinski definition) is 1. The molecular formula is C10H9N5O3S. The summed E-state index contributed by atoms with van der Waals surface area (Å²) in [5.41, 5.74) is -0.103. The Balaban J connectivity index is 1.79. The van der Waals surface area contributed by atoms with Gasteiger partial charge in [0.1, 0.15) is 6.33 Å². The van der Waals surface area contributed by atoms with E-state index in [1.54, 1.807) is 11.2 Å². The van der Waals surface area contributed by atoms with Gasteiger partial charge in [0.2, 0.25) is 0 Å². The number of thiazole rings is 1. The van der Waals surface area contributed by atoms with Crippen molar-refractivity contribution in [2.24, 2.45) is 0 Å². The number of hydrogen-bond acceptors (Lipinski definition) is 6. The van der Waals surface area contributed by atoms with E-state index in [0.717, 1.165) is 17.2 Å². The quantitative estimate of drug-likeness (QED) is 0.836. The molecule has 9 heteroatoms. The molecule has 0 saturated carbocycles. The number of aromatic nitrogens is 4. The maximum Gasteiger partial charge on any atom is 0.355 e. The third kappa shape index (κ3) is 2.08. The van der Waals surface area contributed by atoms with Crippen LogP contribution in [0, 0.1) is 0 Å². The average molecular weight is 279 g/mol. The number of carbonyl (C=O) groups is 2. The largest absolute Gasteiger partial charge is 0.476 e. The minimum absolute atomic E-state index is 0.103. The van der Waals surface area contributed by atoms with Crippen molar-refractivity contribution < 1.29 is 14.7 Å². The first kappa shape index (κ1) is 11.8. The molecule has 1 amide bonds. The molecule has 0 radical (unpaired) electrons. The minimum atomic E-state index is -1.13. The van der Waals surface area contributed by atoms with Crippen LogP contribution in [-0.2, 0) is 13.1 Å². The zero-order valence-corrected chi connectivity index (χ0v) is 10.5. The molecule has 0 aliphatic carbocycles. The Morgan fingerprint density at radius 3 is 2.95 bits per heavy atom. The van der Waals surface area contributed by atoms with E-state index in [1.807, 2.05) is 4.57 Å². The highest BCUT2D eigenvalue weighted by molar-refractivity contribution is 7.11. The van der Waals surface area contributed by atoms with Gasteiger partial charge in [-0.1, -0.05) is 0 Å². The molecule has 98 valence electrons. The maximum atomic E-state index is 12.2. The molecule has 0 aromatic carbocycles. The SMILES string of the molecule is O=C(O)c1csc(C(=O)N2CCn3cnnc3C2)n1. The maximum absolute atomic E-state index is 12.2. The summed E-state index contributed by atoms with van der Waals surface area (Å²) in [4.78, 5) is 28.3. The molecule has 8 nitrogen and oxygen atoms in total. The molecule has 0 fully saturated rings. The standard InChI is InChI=1S/C10H9N5O3S/c16-9(8-12-6(4-19-8)10(17)18)14-1-2-15-5-11-13-7(15)3-14/h4-5H,1-3H2,(H,17,18). The molecular weight excluding hydrogens is 270 g/mol. The summed E-state index contributed by atoms with van der Waals surface area (Å²) in [6.45, 7) is 1.53. The number of carboxylic acid groups (broad SMARTS) is 1. The fraction of sp³-hybridized carbons (Fsp3) is 0.300. The fourth-order valence-electron chi connectivity index (χ4n) is 1.85. The van der Waals surface area contributed by atoms with Gasteiger partial charge >= 0.3 is 5.97 Å². The number of carbonyl (C=O) groups excluding carboxylic acids is 1. The Bertz CT molecular complexity index is 649. The molecule has 3 rings (SSSR count). The highest BCUT2D eigenvalue weighted by atomic mass is 32.1. The molecule has 2 aromatic heterocycles. The van der Waals surface area contributed by atoms with Gasteiger partial charge in [0, 0.05) is 18.5 Å². The lowest BCUT2D eigenvalue weighted by molar-refractivity contribution is 0.0690. The highest BCUT2D eigenvalue weighted by Crippen LogP contribution is 2.16. The number of carboxylic acids is 1. The summed E-state index contributed by atoms with van der Waals surface area (Å²) in [6.07, 6.45) is 1.63. The van der Waals surface area contributed by atoms with Crippen LogP contribution in [0.2, 0.25) is 0 Å². The predicted octanol–water partition coefficient (Wildman–Crippen LogP) is 0.0888. The average Bonchev–Trinajstić information content (AvgIpc) is 3.06. The third-order valence-corrected chi connectivity index (χ3v) is 3.66. The molecule has 1 N–H and O–H groups in total. The van der Waals surface area contributed by atoms with Crippen LogP contribution in [-0.4, -0.2) is 48.2 Å². The van der Waals surface area contributed by atoms with Crippen LogP contribution in [0.5, 0.6) is 0 Å². The Kier molecular flexibility index (Phi) is 2.75. The lowest BCUT2D eigenvalue weighted by atomic mass is 10.3. The Morgan fingerprint density at radius 1 is 1.37 bits per heavy atom. The molecule has 2 aromatic rings. The normalized spacial score (nSPS) is 14.2. The highest BCUT2D eigenvalue weighted by Gasteiger charge is 2.25. The second-order valence-electron chi connectivity index (χ2n) is 4.01. The van der Waals surface area contributed by atoms with Gasteiger partial charge in [-0.2, -0.15) is 0 Å². The summed E-state index contributed by atoms with van der Waals surface area (Å²) >= 11 is 1.04. The van der Waals surface area contributed by atoms with Crippen LogP contribution in [0.4, 0.5) is 0 Å². The molecule has 0 unspecified atom stereocenters. The van der Waals surface area contributed by atoms with E-state index >= 15 is 0 Å². The van der Waals surface area contributed by atoms with E-state index < -0.39 is 5.97 Å². The van der Waals surface area contributed by atoms with Crippen molar-refractivity contribution in [3.05, 3.63) is 28.2 Å². The number of aromatic carboxylic acids is 1. The molecule has 1 aliphatic rings. The van der Waals surface area contributed by atoms with Crippen molar-refractivity contribution in [3.8, 4) is 0 Å². The summed E-state index contributed by atoms with van der Waals surface area (Å²) in [7, 11) is 0. The van der Waals surface area contributed by atoms with E-state index in [0.29, 0.717) is 19.6 Å². The Morgan fingerprint density at radius 2 is 2.21 bits per heavy atom. The van der Waals surface area contributed by atoms with E-state index in [1.165, 1.54) is 5.38 Å². The van der Waals surface area contributed by atoms with Gasteiger partial charge in [0.15, 0.2) is 16.5 Å². The lowest BCUT2D eigenvalue weighted by Gasteiger charge is -2.26. The number of nitrogens with zero attached hydrogens (tertiary/aromatic N) is 5. The van der Waals surface area contributed by atoms with Gasteiger partial charge in [-0.15, -0.1) is 21.5 Å². The molecule has 1 aliphatic heterocycles. The summed E-state index contributed by atoms with van der Waals surface area (Å²) in [5, 5.41) is 18.0. The monoisotopic (exact) mass is 279 g/mol. The van der Waals surface area contributed by atoms with Gasteiger partial charge < -0.3 is 14.6 Å². The zero-order chi connectivity index (χ0) is 13.4. The van der Waals surface area contributed by atoms with Gasteiger partial charge in [0.25, 0.3) is 5.91 Å². The van der Waals surface area contributed by atoms with Gasteiger partial charge in [0.05, 0.1) is 6.54 Å². The summed E-state index contributed by atoms with van der Waals surface area (Å²) in [5.74, 6) is -0.685.